The molecule has 0 heterocycles. The highest BCUT2D eigenvalue weighted by atomic mass is 16.3. The number of para-hydroxylation sites is 1. The number of fused-ring (bicyclic) bond motifs is 1. The maximum atomic E-state index is 10.6. The van der Waals surface area contributed by atoms with Crippen LogP contribution in [-0.2, 0) is 5.41 Å². The smallest absolute Gasteiger partial charge is 0.146 e. The lowest BCUT2D eigenvalue weighted by molar-refractivity contribution is 0.429. The first kappa shape index (κ1) is 17.0. The highest BCUT2D eigenvalue weighted by Crippen LogP contribution is 2.41. The molecule has 0 amide bonds. The quantitative estimate of drug-likeness (QED) is 0.546. The van der Waals surface area contributed by atoms with Gasteiger partial charge in [-0.3, -0.25) is 0 Å². The predicted octanol–water partition coefficient (Wildman–Crippen LogP) is 6.35. The predicted molar refractivity (Wildman–Crippen MR) is 101 cm³/mol. The summed E-state index contributed by atoms with van der Waals surface area (Å²) < 4.78 is 0. The monoisotopic (exact) mass is 334 g/mol. The summed E-state index contributed by atoms with van der Waals surface area (Å²) >= 11 is 0. The first-order chi connectivity index (χ1) is 11.9. The number of aromatic hydroxyl groups is 2. The summed E-state index contributed by atoms with van der Waals surface area (Å²) in [4.78, 5) is 0. The number of azo groups is 1. The lowest BCUT2D eigenvalue weighted by atomic mass is 9.81. The van der Waals surface area contributed by atoms with E-state index in [1.54, 1.807) is 12.1 Å². The Morgan fingerprint density at radius 2 is 1.64 bits per heavy atom. The molecule has 25 heavy (non-hydrogen) atoms. The third kappa shape index (κ3) is 3.20. The van der Waals surface area contributed by atoms with Crippen LogP contribution in [0.3, 0.4) is 0 Å². The van der Waals surface area contributed by atoms with Crippen molar-refractivity contribution in [2.75, 3.05) is 0 Å². The maximum Gasteiger partial charge on any atom is 0.146 e. The summed E-state index contributed by atoms with van der Waals surface area (Å²) in [6.45, 7) is 6.25. The molecule has 128 valence electrons. The summed E-state index contributed by atoms with van der Waals surface area (Å²) in [6.07, 6.45) is 0.894. The SMILES string of the molecule is CCC(C)(C)c1cccc(N=Nc2c(O)ccc3ccccc23)c1O. The maximum absolute atomic E-state index is 10.6. The van der Waals surface area contributed by atoms with Crippen LogP contribution < -0.4 is 0 Å². The Labute approximate surface area is 147 Å². The molecule has 0 aromatic heterocycles. The average Bonchev–Trinajstić information content (AvgIpc) is 2.62. The van der Waals surface area contributed by atoms with E-state index in [-0.39, 0.29) is 16.9 Å². The fourth-order valence-corrected chi connectivity index (χ4v) is 2.80. The molecule has 3 aromatic carbocycles. The van der Waals surface area contributed by atoms with E-state index in [0.717, 1.165) is 22.8 Å². The van der Waals surface area contributed by atoms with Gasteiger partial charge in [-0.25, -0.2) is 0 Å². The molecule has 4 nitrogen and oxygen atoms in total. The molecule has 0 radical (unpaired) electrons. The zero-order valence-electron chi connectivity index (χ0n) is 14.7. The Kier molecular flexibility index (Phi) is 4.45. The molecule has 0 aliphatic rings. The van der Waals surface area contributed by atoms with E-state index in [4.69, 9.17) is 0 Å². The standard InChI is InChI=1S/C21H22N2O2/c1-4-21(2,3)16-10-7-11-17(20(16)25)22-23-19-15-9-6-5-8-14(15)12-13-18(19)24/h5-13,24-25H,4H2,1-3H3. The van der Waals surface area contributed by atoms with Gasteiger partial charge in [-0.05, 0) is 29.4 Å². The van der Waals surface area contributed by atoms with Crippen LogP contribution in [0.5, 0.6) is 11.5 Å². The Balaban J connectivity index is 2.07. The van der Waals surface area contributed by atoms with Crippen molar-refractivity contribution in [2.45, 2.75) is 32.6 Å². The minimum atomic E-state index is -0.156. The third-order valence-corrected chi connectivity index (χ3v) is 4.76. The van der Waals surface area contributed by atoms with E-state index in [1.165, 1.54) is 0 Å². The van der Waals surface area contributed by atoms with Crippen molar-refractivity contribution in [3.63, 3.8) is 0 Å². The van der Waals surface area contributed by atoms with E-state index in [0.29, 0.717) is 11.4 Å². The van der Waals surface area contributed by atoms with Gasteiger partial charge in [0.1, 0.15) is 22.9 Å². The lowest BCUT2D eigenvalue weighted by Gasteiger charge is -2.24. The van der Waals surface area contributed by atoms with Crippen molar-refractivity contribution in [1.82, 2.24) is 0 Å². The zero-order valence-corrected chi connectivity index (χ0v) is 14.7. The van der Waals surface area contributed by atoms with Gasteiger partial charge in [-0.2, -0.15) is 0 Å². The van der Waals surface area contributed by atoms with Crippen LogP contribution in [0.1, 0.15) is 32.8 Å². The van der Waals surface area contributed by atoms with Crippen LogP contribution in [0, 0.1) is 0 Å². The summed E-state index contributed by atoms with van der Waals surface area (Å²) in [5.41, 5.74) is 1.48. The number of rotatable bonds is 4. The largest absolute Gasteiger partial charge is 0.506 e. The first-order valence-corrected chi connectivity index (χ1v) is 8.39. The van der Waals surface area contributed by atoms with E-state index in [9.17, 15) is 10.2 Å². The van der Waals surface area contributed by atoms with Gasteiger partial charge in [0.2, 0.25) is 0 Å². The summed E-state index contributed by atoms with van der Waals surface area (Å²) in [5.74, 6) is 0.199. The Bertz CT molecular complexity index is 946. The second-order valence-electron chi connectivity index (χ2n) is 6.77. The van der Waals surface area contributed by atoms with Gasteiger partial charge >= 0.3 is 0 Å². The number of hydrogen-bond donors (Lipinski definition) is 2. The van der Waals surface area contributed by atoms with E-state index in [2.05, 4.69) is 31.0 Å². The van der Waals surface area contributed by atoms with Crippen molar-refractivity contribution < 1.29 is 10.2 Å². The summed E-state index contributed by atoms with van der Waals surface area (Å²) in [7, 11) is 0. The molecule has 0 spiro atoms. The second kappa shape index (κ2) is 6.55. The molecule has 0 fully saturated rings. The van der Waals surface area contributed by atoms with Gasteiger partial charge in [0.15, 0.2) is 0 Å². The lowest BCUT2D eigenvalue weighted by Crippen LogP contribution is -2.15. The van der Waals surface area contributed by atoms with Crippen LogP contribution in [-0.4, -0.2) is 10.2 Å². The molecule has 3 rings (SSSR count). The number of nitrogens with zero attached hydrogens (tertiary/aromatic N) is 2. The average molecular weight is 334 g/mol. The van der Waals surface area contributed by atoms with Gasteiger partial charge in [-0.1, -0.05) is 63.2 Å². The van der Waals surface area contributed by atoms with Crippen molar-refractivity contribution >= 4 is 22.1 Å². The van der Waals surface area contributed by atoms with Crippen molar-refractivity contribution in [2.24, 2.45) is 10.2 Å². The highest BCUT2D eigenvalue weighted by Gasteiger charge is 2.23. The van der Waals surface area contributed by atoms with Crippen LogP contribution in [0.25, 0.3) is 10.8 Å². The minimum Gasteiger partial charge on any atom is -0.506 e. The molecule has 0 saturated carbocycles. The molecule has 0 atom stereocenters. The fourth-order valence-electron chi connectivity index (χ4n) is 2.80. The second-order valence-corrected chi connectivity index (χ2v) is 6.77. The molecule has 0 unspecified atom stereocenters. The van der Waals surface area contributed by atoms with Crippen molar-refractivity contribution in [1.29, 1.82) is 0 Å². The fraction of sp³-hybridized carbons (Fsp3) is 0.238. The van der Waals surface area contributed by atoms with Gasteiger partial charge in [0.25, 0.3) is 0 Å². The van der Waals surface area contributed by atoms with E-state index < -0.39 is 0 Å². The van der Waals surface area contributed by atoms with Crippen LogP contribution >= 0.6 is 0 Å². The van der Waals surface area contributed by atoms with Crippen LogP contribution in [0.2, 0.25) is 0 Å². The highest BCUT2D eigenvalue weighted by molar-refractivity contribution is 5.95. The molecule has 4 heteroatoms. The molecular formula is C21H22N2O2. The van der Waals surface area contributed by atoms with Crippen molar-refractivity contribution in [3.8, 4) is 11.5 Å². The summed E-state index contributed by atoms with van der Waals surface area (Å²) in [6, 6.07) is 16.6. The topological polar surface area (TPSA) is 65.2 Å². The van der Waals surface area contributed by atoms with Gasteiger partial charge in [-0.15, -0.1) is 10.2 Å². The number of hydrogen-bond acceptors (Lipinski definition) is 4. The first-order valence-electron chi connectivity index (χ1n) is 8.39. The molecule has 2 N–H and O–H groups in total. The normalized spacial score (nSPS) is 12.1. The Morgan fingerprint density at radius 3 is 2.40 bits per heavy atom. The molecular weight excluding hydrogens is 312 g/mol. The minimum absolute atomic E-state index is 0.0620. The van der Waals surface area contributed by atoms with Gasteiger partial charge < -0.3 is 10.2 Å². The molecule has 0 bridgehead atoms. The van der Waals surface area contributed by atoms with E-state index >= 15 is 0 Å². The molecule has 0 saturated heterocycles. The third-order valence-electron chi connectivity index (χ3n) is 4.76. The van der Waals surface area contributed by atoms with Crippen LogP contribution in [0.4, 0.5) is 11.4 Å². The molecule has 0 aliphatic heterocycles. The van der Waals surface area contributed by atoms with Crippen LogP contribution in [0.15, 0.2) is 64.8 Å². The summed E-state index contributed by atoms with van der Waals surface area (Å²) in [5, 5.41) is 31.0. The molecule has 3 aromatic rings. The molecule has 0 aliphatic carbocycles. The Morgan fingerprint density at radius 1 is 0.880 bits per heavy atom. The zero-order chi connectivity index (χ0) is 18.0. The number of benzene rings is 3. The number of phenolic OH excluding ortho intramolecular Hbond substituents is 2. The Hall–Kier alpha value is -2.88. The van der Waals surface area contributed by atoms with E-state index in [1.807, 2.05) is 42.5 Å². The van der Waals surface area contributed by atoms with Crippen molar-refractivity contribution in [3.05, 3.63) is 60.2 Å². The van der Waals surface area contributed by atoms with Gasteiger partial charge in [0.05, 0.1) is 0 Å². The number of phenols is 2. The van der Waals surface area contributed by atoms with Gasteiger partial charge in [0, 0.05) is 10.9 Å².